The summed E-state index contributed by atoms with van der Waals surface area (Å²) in [5.74, 6) is 0.940. The molecule has 0 radical (unpaired) electrons. The van der Waals surface area contributed by atoms with E-state index in [0.29, 0.717) is 0 Å². The molecule has 1 aliphatic heterocycles. The lowest BCUT2D eigenvalue weighted by atomic mass is 10.8. The highest BCUT2D eigenvalue weighted by Gasteiger charge is 2.36. The van der Waals surface area contributed by atoms with E-state index in [1.807, 2.05) is 6.19 Å². The average Bonchev–Trinajstić information content (AvgIpc) is 2.71. The highest BCUT2D eigenvalue weighted by atomic mass is 32.2. The summed E-state index contributed by atoms with van der Waals surface area (Å²) in [6.07, 6.45) is 3.63. The van der Waals surface area contributed by atoms with Gasteiger partial charge in [0.15, 0.2) is 6.19 Å². The van der Waals surface area contributed by atoms with Gasteiger partial charge in [-0.1, -0.05) is 0 Å². The Kier molecular flexibility index (Phi) is 2.42. The lowest BCUT2D eigenvalue weighted by molar-refractivity contribution is 1.14. The van der Waals surface area contributed by atoms with Crippen LogP contribution in [0.1, 0.15) is 0 Å². The third-order valence-corrected chi connectivity index (χ3v) is 4.12. The Morgan fingerprint density at radius 2 is 2.62 bits per heavy atom. The molecule has 1 aromatic rings. The van der Waals surface area contributed by atoms with Crippen molar-refractivity contribution in [2.75, 3.05) is 12.3 Å². The molecule has 0 bridgehead atoms. The molecular weight excluding hydrogens is 206 g/mol. The summed E-state index contributed by atoms with van der Waals surface area (Å²) in [7, 11) is -0.144. The minimum absolute atomic E-state index is 0.144. The first-order valence-electron chi connectivity index (χ1n) is 3.60. The molecule has 1 N–H and O–H groups in total. The molecule has 0 fully saturated rings. The van der Waals surface area contributed by atoms with Crippen molar-refractivity contribution in [3.8, 4) is 6.19 Å². The summed E-state index contributed by atoms with van der Waals surface area (Å²) in [5, 5.41) is 12.7. The van der Waals surface area contributed by atoms with Crippen LogP contribution >= 0.6 is 11.7 Å². The zero-order chi connectivity index (χ0) is 9.10. The van der Waals surface area contributed by atoms with Crippen LogP contribution in [0.25, 0.3) is 0 Å². The van der Waals surface area contributed by atoms with Gasteiger partial charge in [-0.15, -0.1) is 4.37 Å². The van der Waals surface area contributed by atoms with Gasteiger partial charge in [0.2, 0.25) is 0 Å². The molecule has 13 heavy (non-hydrogen) atoms. The second-order valence-corrected chi connectivity index (χ2v) is 4.82. The number of rotatable bonds is 1. The number of nitriles is 1. The quantitative estimate of drug-likeness (QED) is 0.402. The van der Waals surface area contributed by atoms with Gasteiger partial charge in [0.25, 0.3) is 5.03 Å². The highest BCUT2D eigenvalue weighted by molar-refractivity contribution is 8.11. The average molecular weight is 212 g/mol. The Hall–Kier alpha value is -1.13. The number of nitrogens with one attached hydrogen (secondary N) is 1. The summed E-state index contributed by atoms with van der Waals surface area (Å²) < 4.78 is 8.08. The number of hydrogen-bond donors (Lipinski definition) is 1. The first-order valence-corrected chi connectivity index (χ1v) is 5.72. The Bertz CT molecular complexity index is 352. The van der Waals surface area contributed by atoms with Gasteiger partial charge in [-0.2, -0.15) is 9.64 Å². The van der Waals surface area contributed by atoms with Crippen molar-refractivity contribution in [1.82, 2.24) is 14.1 Å². The van der Waals surface area contributed by atoms with Crippen LogP contribution < -0.4 is 5.32 Å². The summed E-state index contributed by atoms with van der Waals surface area (Å²) in [6, 6.07) is 0. The molecule has 2 rings (SSSR count). The van der Waals surface area contributed by atoms with Crippen molar-refractivity contribution >= 4 is 27.8 Å². The van der Waals surface area contributed by atoms with Crippen LogP contribution in [-0.2, 0) is 10.9 Å². The highest BCUT2D eigenvalue weighted by Crippen LogP contribution is 2.16. The molecule has 0 aromatic carbocycles. The maximum Gasteiger partial charge on any atom is 0.335 e. The molecule has 0 aliphatic carbocycles. The fourth-order valence-electron chi connectivity index (χ4n) is 1.03. The van der Waals surface area contributed by atoms with Gasteiger partial charge in [-0.3, -0.25) is 0 Å². The topological polar surface area (TPSA) is 74.0 Å². The molecule has 5 nitrogen and oxygen atoms in total. The minimum Gasteiger partial charge on any atom is -0.235 e. The third kappa shape index (κ3) is 1.64. The van der Waals surface area contributed by atoms with Crippen molar-refractivity contribution in [3.63, 3.8) is 0 Å². The van der Waals surface area contributed by atoms with Crippen molar-refractivity contribution in [1.29, 1.82) is 5.26 Å². The molecular formula is C6H6N5S2+. The van der Waals surface area contributed by atoms with Gasteiger partial charge in [-0.25, -0.2) is 10.3 Å². The van der Waals surface area contributed by atoms with Gasteiger partial charge >= 0.3 is 5.17 Å². The zero-order valence-electron chi connectivity index (χ0n) is 6.60. The smallest absolute Gasteiger partial charge is 0.235 e. The van der Waals surface area contributed by atoms with Crippen LogP contribution in [0, 0.1) is 11.5 Å². The second-order valence-electron chi connectivity index (χ2n) is 2.26. The third-order valence-electron chi connectivity index (χ3n) is 1.54. The number of aromatic nitrogens is 2. The van der Waals surface area contributed by atoms with Crippen LogP contribution in [0.4, 0.5) is 0 Å². The van der Waals surface area contributed by atoms with E-state index >= 15 is 0 Å². The molecule has 0 saturated carbocycles. The first-order chi connectivity index (χ1) is 6.42. The predicted molar refractivity (Wildman–Crippen MR) is 51.5 cm³/mol. The molecule has 0 spiro atoms. The van der Waals surface area contributed by atoms with E-state index in [0.717, 1.165) is 22.5 Å². The fraction of sp³-hybridized carbons (Fsp3) is 0.333. The molecule has 0 saturated heterocycles. The number of aliphatic imine (C=N–C) groups is 1. The van der Waals surface area contributed by atoms with Crippen LogP contribution in [-0.4, -0.2) is 26.2 Å². The second kappa shape index (κ2) is 3.72. The number of hydrogen-bond acceptors (Lipinski definition) is 6. The van der Waals surface area contributed by atoms with E-state index < -0.39 is 0 Å². The van der Waals surface area contributed by atoms with Crippen LogP contribution in [0.15, 0.2) is 16.2 Å². The molecule has 1 atom stereocenters. The first kappa shape index (κ1) is 8.47. The van der Waals surface area contributed by atoms with E-state index in [1.54, 1.807) is 6.20 Å². The van der Waals surface area contributed by atoms with Crippen molar-refractivity contribution in [3.05, 3.63) is 6.20 Å². The van der Waals surface area contributed by atoms with Crippen LogP contribution in [0.3, 0.4) is 0 Å². The Morgan fingerprint density at radius 1 is 1.69 bits per heavy atom. The van der Waals surface area contributed by atoms with E-state index in [2.05, 4.69) is 19.1 Å². The van der Waals surface area contributed by atoms with E-state index in [1.165, 1.54) is 11.7 Å². The summed E-state index contributed by atoms with van der Waals surface area (Å²) in [5.41, 5.74) is 0. The normalized spacial score (nSPS) is 20.8. The molecule has 1 aromatic heterocycles. The standard InChI is InChI=1S/C6H6N5S2/c7-4-9-6-8-1-2-13(6)5-3-10-12-11-5/h3H,1-2H2,(H,8,9)/q+1. The van der Waals surface area contributed by atoms with Crippen LogP contribution in [0.2, 0.25) is 0 Å². The van der Waals surface area contributed by atoms with E-state index in [4.69, 9.17) is 5.26 Å². The van der Waals surface area contributed by atoms with Gasteiger partial charge in [-0.05, 0) is 0 Å². The Balaban J connectivity index is 2.18. The molecule has 2 heterocycles. The summed E-state index contributed by atoms with van der Waals surface area (Å²) in [4.78, 5) is 4.20. The molecule has 7 heteroatoms. The lowest BCUT2D eigenvalue weighted by Crippen LogP contribution is -2.26. The van der Waals surface area contributed by atoms with Gasteiger partial charge in [0.1, 0.15) is 22.8 Å². The zero-order valence-corrected chi connectivity index (χ0v) is 8.23. The predicted octanol–water partition coefficient (Wildman–Crippen LogP) is -0.0444. The van der Waals surface area contributed by atoms with Crippen molar-refractivity contribution in [2.45, 2.75) is 5.03 Å². The van der Waals surface area contributed by atoms with E-state index in [9.17, 15) is 0 Å². The van der Waals surface area contributed by atoms with Gasteiger partial charge in [0, 0.05) is 0 Å². The van der Waals surface area contributed by atoms with E-state index in [-0.39, 0.29) is 10.9 Å². The van der Waals surface area contributed by atoms with Gasteiger partial charge < -0.3 is 0 Å². The fourth-order valence-corrected chi connectivity index (χ4v) is 3.35. The van der Waals surface area contributed by atoms with Gasteiger partial charge in [0.05, 0.1) is 18.3 Å². The lowest BCUT2D eigenvalue weighted by Gasteiger charge is -1.94. The number of nitrogens with zero attached hydrogens (tertiary/aromatic N) is 4. The molecule has 0 amide bonds. The maximum absolute atomic E-state index is 8.47. The summed E-state index contributed by atoms with van der Waals surface area (Å²) in [6.45, 7) is 0.769. The number of amidine groups is 1. The van der Waals surface area contributed by atoms with Crippen molar-refractivity contribution in [2.24, 2.45) is 4.99 Å². The summed E-state index contributed by atoms with van der Waals surface area (Å²) >= 11 is 1.19. The van der Waals surface area contributed by atoms with Crippen molar-refractivity contribution < 1.29 is 0 Å². The molecule has 66 valence electrons. The minimum atomic E-state index is -0.144. The monoisotopic (exact) mass is 212 g/mol. The molecule has 1 unspecified atom stereocenters. The largest absolute Gasteiger partial charge is 0.335 e. The Labute approximate surface area is 82.2 Å². The maximum atomic E-state index is 8.47. The Morgan fingerprint density at radius 3 is 3.31 bits per heavy atom. The SMILES string of the molecule is N#CNC1=NCC[S+]1c1cnsn1. The van der Waals surface area contributed by atoms with Crippen LogP contribution in [0.5, 0.6) is 0 Å². The molecule has 1 aliphatic rings.